The average Bonchev–Trinajstić information content (AvgIpc) is 2.93. The van der Waals surface area contributed by atoms with Gasteiger partial charge in [-0.05, 0) is 25.2 Å². The van der Waals surface area contributed by atoms with Gasteiger partial charge >= 0.3 is 0 Å². The topological polar surface area (TPSA) is 116 Å². The number of aliphatic hydroxyl groups is 3. The molecule has 8 nitrogen and oxygen atoms in total. The van der Waals surface area contributed by atoms with Crippen LogP contribution < -0.4 is 5.32 Å². The summed E-state index contributed by atoms with van der Waals surface area (Å²) < 4.78 is 1.85. The second-order valence-corrected chi connectivity index (χ2v) is 7.80. The summed E-state index contributed by atoms with van der Waals surface area (Å²) in [5.74, 6) is 0.772. The summed E-state index contributed by atoms with van der Waals surface area (Å²) in [6, 6.07) is 0.106. The zero-order chi connectivity index (χ0) is 17.2. The molecule has 3 saturated carbocycles. The second-order valence-electron chi connectivity index (χ2n) is 7.80. The summed E-state index contributed by atoms with van der Waals surface area (Å²) in [4.78, 5) is 13.2. The van der Waals surface area contributed by atoms with Gasteiger partial charge in [-0.2, -0.15) is 0 Å². The molecular weight excluding hydrogens is 322 g/mol. The lowest BCUT2D eigenvalue weighted by molar-refractivity contribution is -0.0300. The number of imidazole rings is 1. The van der Waals surface area contributed by atoms with Gasteiger partial charge in [-0.25, -0.2) is 15.0 Å². The van der Waals surface area contributed by atoms with E-state index in [4.69, 9.17) is 0 Å². The van der Waals surface area contributed by atoms with E-state index in [1.807, 2.05) is 4.57 Å². The molecule has 0 bridgehead atoms. The zero-order valence-electron chi connectivity index (χ0n) is 13.9. The van der Waals surface area contributed by atoms with Gasteiger partial charge in [-0.1, -0.05) is 12.8 Å². The highest BCUT2D eigenvalue weighted by molar-refractivity contribution is 5.83. The van der Waals surface area contributed by atoms with E-state index in [9.17, 15) is 15.3 Å². The molecular formula is C17H23N5O3. The lowest BCUT2D eigenvalue weighted by Crippen LogP contribution is -2.35. The van der Waals surface area contributed by atoms with Crippen LogP contribution >= 0.6 is 0 Å². The monoisotopic (exact) mass is 345 g/mol. The molecule has 4 N–H and O–H groups in total. The third-order valence-corrected chi connectivity index (χ3v) is 6.52. The quantitative estimate of drug-likeness (QED) is 0.636. The molecule has 2 aromatic heterocycles. The standard InChI is InChI=1S/C17H23N5O3/c23-6-17-5-10(17)12(13(24)14(17)25)22-8-20-11-15(18-7-19-16(11)22)21-9-3-1-2-4-9/h7-10,12-14,23-25H,1-6H2,(H,18,19,21)/t10-,12-,13+,14+,17+/m1/s1. The summed E-state index contributed by atoms with van der Waals surface area (Å²) in [7, 11) is 0. The number of hydrogen-bond donors (Lipinski definition) is 4. The van der Waals surface area contributed by atoms with E-state index < -0.39 is 17.6 Å². The lowest BCUT2D eigenvalue weighted by Gasteiger charge is -2.23. The largest absolute Gasteiger partial charge is 0.396 e. The molecule has 5 rings (SSSR count). The number of aliphatic hydroxyl groups excluding tert-OH is 3. The fraction of sp³-hybridized carbons (Fsp3) is 0.706. The van der Waals surface area contributed by atoms with Crippen molar-refractivity contribution in [2.24, 2.45) is 11.3 Å². The number of hydrogen-bond acceptors (Lipinski definition) is 7. The van der Waals surface area contributed by atoms with Crippen LogP contribution in [0.3, 0.4) is 0 Å². The normalized spacial score (nSPS) is 37.6. The fourth-order valence-electron chi connectivity index (χ4n) is 4.99. The Kier molecular flexibility index (Phi) is 3.32. The minimum Gasteiger partial charge on any atom is -0.396 e. The van der Waals surface area contributed by atoms with Crippen LogP contribution in [0, 0.1) is 11.3 Å². The highest BCUT2D eigenvalue weighted by atomic mass is 16.3. The Balaban J connectivity index is 1.51. The maximum atomic E-state index is 10.5. The SMILES string of the molecule is OC[C@@]12C[C@@H]1[C@@H](n1cnc3c(NC4CCCC4)ncnc31)[C@H](O)[C@@H]2O. The van der Waals surface area contributed by atoms with Crippen molar-refractivity contribution < 1.29 is 15.3 Å². The van der Waals surface area contributed by atoms with E-state index in [0.717, 1.165) is 18.7 Å². The van der Waals surface area contributed by atoms with Crippen molar-refractivity contribution in [3.05, 3.63) is 12.7 Å². The molecule has 0 unspecified atom stereocenters. The first-order chi connectivity index (χ1) is 12.2. The minimum absolute atomic E-state index is 0.0427. The van der Waals surface area contributed by atoms with Gasteiger partial charge in [0, 0.05) is 11.5 Å². The first kappa shape index (κ1) is 15.5. The Morgan fingerprint density at radius 2 is 2.00 bits per heavy atom. The molecule has 5 atom stereocenters. The Bertz CT molecular complexity index is 805. The lowest BCUT2D eigenvalue weighted by atomic mass is 10.0. The molecule has 2 heterocycles. The third-order valence-electron chi connectivity index (χ3n) is 6.52. The highest BCUT2D eigenvalue weighted by Crippen LogP contribution is 2.67. The van der Waals surface area contributed by atoms with Crippen LogP contribution in [-0.2, 0) is 0 Å². The average molecular weight is 345 g/mol. The van der Waals surface area contributed by atoms with Gasteiger partial charge in [-0.3, -0.25) is 0 Å². The molecule has 3 aliphatic rings. The molecule has 0 saturated heterocycles. The van der Waals surface area contributed by atoms with Crippen LogP contribution in [0.25, 0.3) is 11.2 Å². The predicted molar refractivity (Wildman–Crippen MR) is 89.9 cm³/mol. The van der Waals surface area contributed by atoms with Crippen LogP contribution in [-0.4, -0.2) is 59.7 Å². The van der Waals surface area contributed by atoms with Gasteiger partial charge in [-0.15, -0.1) is 0 Å². The Hall–Kier alpha value is -1.77. The maximum Gasteiger partial charge on any atom is 0.165 e. The number of rotatable bonds is 4. The van der Waals surface area contributed by atoms with E-state index in [2.05, 4.69) is 20.3 Å². The van der Waals surface area contributed by atoms with E-state index in [0.29, 0.717) is 23.6 Å². The summed E-state index contributed by atoms with van der Waals surface area (Å²) >= 11 is 0. The van der Waals surface area contributed by atoms with Gasteiger partial charge < -0.3 is 25.2 Å². The van der Waals surface area contributed by atoms with Gasteiger partial charge in [0.15, 0.2) is 11.5 Å². The van der Waals surface area contributed by atoms with Crippen molar-refractivity contribution in [1.82, 2.24) is 19.5 Å². The first-order valence-electron chi connectivity index (χ1n) is 9.07. The predicted octanol–water partition coefficient (Wildman–Crippen LogP) is 0.456. The van der Waals surface area contributed by atoms with Gasteiger partial charge in [0.2, 0.25) is 0 Å². The smallest absolute Gasteiger partial charge is 0.165 e. The highest BCUT2D eigenvalue weighted by Gasteiger charge is 2.71. The van der Waals surface area contributed by atoms with Crippen LogP contribution in [0.1, 0.15) is 38.1 Å². The summed E-state index contributed by atoms with van der Waals surface area (Å²) in [6.45, 7) is -0.109. The molecule has 0 aliphatic heterocycles. The molecule has 0 amide bonds. The Labute approximate surface area is 144 Å². The molecule has 3 aliphatic carbocycles. The first-order valence-corrected chi connectivity index (χ1v) is 9.07. The van der Waals surface area contributed by atoms with Crippen LogP contribution in [0.2, 0.25) is 0 Å². The van der Waals surface area contributed by atoms with Crippen LogP contribution in [0.5, 0.6) is 0 Å². The van der Waals surface area contributed by atoms with Gasteiger partial charge in [0.05, 0.1) is 25.1 Å². The van der Waals surface area contributed by atoms with Gasteiger partial charge in [0.25, 0.3) is 0 Å². The van der Waals surface area contributed by atoms with Crippen molar-refractivity contribution in [1.29, 1.82) is 0 Å². The zero-order valence-corrected chi connectivity index (χ0v) is 13.9. The Morgan fingerprint density at radius 3 is 2.72 bits per heavy atom. The molecule has 25 heavy (non-hydrogen) atoms. The maximum absolute atomic E-state index is 10.5. The molecule has 2 aromatic rings. The van der Waals surface area contributed by atoms with Crippen molar-refractivity contribution in [2.45, 2.75) is 56.4 Å². The third kappa shape index (κ3) is 2.07. The van der Waals surface area contributed by atoms with E-state index in [1.165, 1.54) is 19.2 Å². The Morgan fingerprint density at radius 1 is 1.20 bits per heavy atom. The molecule has 8 heteroatoms. The van der Waals surface area contributed by atoms with Crippen molar-refractivity contribution in [3.8, 4) is 0 Å². The van der Waals surface area contributed by atoms with Crippen LogP contribution in [0.4, 0.5) is 5.82 Å². The number of nitrogens with one attached hydrogen (secondary N) is 1. The van der Waals surface area contributed by atoms with Gasteiger partial charge in [0.1, 0.15) is 17.9 Å². The van der Waals surface area contributed by atoms with E-state index in [1.54, 1.807) is 6.33 Å². The number of nitrogens with zero attached hydrogens (tertiary/aromatic N) is 4. The van der Waals surface area contributed by atoms with Crippen LogP contribution in [0.15, 0.2) is 12.7 Å². The molecule has 0 radical (unpaired) electrons. The fourth-order valence-corrected chi connectivity index (χ4v) is 4.99. The number of aromatic nitrogens is 4. The van der Waals surface area contributed by atoms with Crippen molar-refractivity contribution in [2.75, 3.05) is 11.9 Å². The molecule has 134 valence electrons. The van der Waals surface area contributed by atoms with Crippen molar-refractivity contribution >= 4 is 17.0 Å². The van der Waals surface area contributed by atoms with E-state index >= 15 is 0 Å². The second kappa shape index (κ2) is 5.36. The number of fused-ring (bicyclic) bond motifs is 2. The summed E-state index contributed by atoms with van der Waals surface area (Å²) in [6.07, 6.45) is 6.81. The number of anilines is 1. The summed E-state index contributed by atoms with van der Waals surface area (Å²) in [5.41, 5.74) is 0.782. The molecule has 0 spiro atoms. The van der Waals surface area contributed by atoms with Crippen molar-refractivity contribution in [3.63, 3.8) is 0 Å². The van der Waals surface area contributed by atoms with E-state index in [-0.39, 0.29) is 18.6 Å². The minimum atomic E-state index is -0.926. The molecule has 3 fully saturated rings. The summed E-state index contributed by atoms with van der Waals surface area (Å²) in [5, 5.41) is 34.0. The molecule has 0 aromatic carbocycles.